The van der Waals surface area contributed by atoms with E-state index in [1.165, 1.54) is 4.90 Å². The predicted molar refractivity (Wildman–Crippen MR) is 90.4 cm³/mol. The van der Waals surface area contributed by atoms with Crippen molar-refractivity contribution in [1.82, 2.24) is 4.90 Å². The third-order valence-electron chi connectivity index (χ3n) is 2.61. The largest absolute Gasteiger partial charge is 0.292 e. The molecule has 0 saturated carbocycles. The Morgan fingerprint density at radius 2 is 1.95 bits per heavy atom. The average Bonchev–Trinajstić information content (AvgIpc) is 2.64. The summed E-state index contributed by atoms with van der Waals surface area (Å²) >= 11 is 9.50. The summed E-state index contributed by atoms with van der Waals surface area (Å²) in [6.45, 7) is -0.152. The van der Waals surface area contributed by atoms with E-state index < -0.39 is 15.9 Å². The zero-order valence-electron chi connectivity index (χ0n) is 10.5. The highest BCUT2D eigenvalue weighted by Gasteiger charge is 2.32. The first-order valence-electron chi connectivity index (χ1n) is 5.72. The summed E-state index contributed by atoms with van der Waals surface area (Å²) in [5.41, 5.74) is 0.841. The number of carbonyl (C=O) groups is 1. The molecule has 1 aliphatic rings. The highest BCUT2D eigenvalue weighted by molar-refractivity contribution is 9.10. The lowest BCUT2D eigenvalue weighted by Gasteiger charge is -2.12. The lowest BCUT2D eigenvalue weighted by atomic mass is 10.2. The molecular formula is C12H10BrNO4S3. The molecule has 0 aromatic heterocycles. The minimum absolute atomic E-state index is 0.152. The third-order valence-corrected chi connectivity index (χ3v) is 5.22. The van der Waals surface area contributed by atoms with Gasteiger partial charge in [-0.15, -0.1) is 0 Å². The van der Waals surface area contributed by atoms with Crippen molar-refractivity contribution >= 4 is 66.3 Å². The van der Waals surface area contributed by atoms with E-state index >= 15 is 0 Å². The van der Waals surface area contributed by atoms with Crippen LogP contribution in [0.2, 0.25) is 0 Å². The Bertz CT molecular complexity index is 713. The van der Waals surface area contributed by atoms with Crippen LogP contribution in [0.4, 0.5) is 0 Å². The van der Waals surface area contributed by atoms with E-state index in [0.29, 0.717) is 4.91 Å². The van der Waals surface area contributed by atoms with Gasteiger partial charge in [0.05, 0.1) is 10.7 Å². The van der Waals surface area contributed by atoms with Crippen molar-refractivity contribution in [1.29, 1.82) is 0 Å². The van der Waals surface area contributed by atoms with Crippen LogP contribution in [0.5, 0.6) is 0 Å². The Morgan fingerprint density at radius 1 is 1.33 bits per heavy atom. The van der Waals surface area contributed by atoms with Crippen LogP contribution in [-0.2, 0) is 14.9 Å². The van der Waals surface area contributed by atoms with Gasteiger partial charge >= 0.3 is 0 Å². The van der Waals surface area contributed by atoms with Crippen molar-refractivity contribution in [2.45, 2.75) is 0 Å². The van der Waals surface area contributed by atoms with Crippen LogP contribution in [0.3, 0.4) is 0 Å². The molecule has 1 fully saturated rings. The van der Waals surface area contributed by atoms with Crippen LogP contribution in [0.25, 0.3) is 6.08 Å². The average molecular weight is 408 g/mol. The maximum atomic E-state index is 12.2. The fourth-order valence-corrected chi connectivity index (χ4v) is 3.60. The SMILES string of the molecule is O=C1C(=Cc2ccc(Br)cc2)SC(=S)N1CCS(=O)(=O)O. The van der Waals surface area contributed by atoms with E-state index in [1.807, 2.05) is 24.3 Å². The molecule has 5 nitrogen and oxygen atoms in total. The van der Waals surface area contributed by atoms with Crippen molar-refractivity contribution in [3.05, 3.63) is 39.2 Å². The van der Waals surface area contributed by atoms with E-state index in [4.69, 9.17) is 16.8 Å². The Hall–Kier alpha value is -0.740. The fraction of sp³-hybridized carbons (Fsp3) is 0.167. The molecule has 1 aliphatic heterocycles. The first kappa shape index (κ1) is 16.6. The molecule has 1 aromatic rings. The molecule has 21 heavy (non-hydrogen) atoms. The van der Waals surface area contributed by atoms with Crippen molar-refractivity contribution in [3.63, 3.8) is 0 Å². The zero-order chi connectivity index (χ0) is 15.6. The second-order valence-electron chi connectivity index (χ2n) is 4.17. The molecule has 0 atom stereocenters. The van der Waals surface area contributed by atoms with Crippen molar-refractivity contribution in [3.8, 4) is 0 Å². The number of halogens is 1. The normalized spacial score (nSPS) is 17.8. The van der Waals surface area contributed by atoms with Gasteiger partial charge in [0, 0.05) is 11.0 Å². The summed E-state index contributed by atoms with van der Waals surface area (Å²) in [5, 5.41) is 0. The van der Waals surface area contributed by atoms with Gasteiger partial charge in [0.15, 0.2) is 0 Å². The molecule has 1 amide bonds. The first-order valence-corrected chi connectivity index (χ1v) is 9.35. The smallest absolute Gasteiger partial charge is 0.266 e. The highest BCUT2D eigenvalue weighted by Crippen LogP contribution is 2.32. The Morgan fingerprint density at radius 3 is 2.52 bits per heavy atom. The molecule has 0 spiro atoms. The summed E-state index contributed by atoms with van der Waals surface area (Å²) in [6.07, 6.45) is 1.69. The van der Waals surface area contributed by atoms with Gasteiger partial charge in [-0.3, -0.25) is 14.2 Å². The molecule has 1 aromatic carbocycles. The second-order valence-corrected chi connectivity index (χ2v) is 8.33. The number of benzene rings is 1. The number of thiocarbonyl (C=S) groups is 1. The Labute approximate surface area is 140 Å². The molecule has 2 rings (SSSR count). The molecule has 9 heteroatoms. The molecular weight excluding hydrogens is 398 g/mol. The van der Waals surface area contributed by atoms with Gasteiger partial charge in [-0.1, -0.05) is 52.0 Å². The zero-order valence-corrected chi connectivity index (χ0v) is 14.6. The summed E-state index contributed by atoms with van der Waals surface area (Å²) in [5.74, 6) is -0.887. The van der Waals surface area contributed by atoms with Gasteiger partial charge in [0.1, 0.15) is 4.32 Å². The van der Waals surface area contributed by atoms with Crippen molar-refractivity contribution in [2.75, 3.05) is 12.3 Å². The first-order chi connectivity index (χ1) is 9.76. The van der Waals surface area contributed by atoms with Crippen LogP contribution >= 0.6 is 39.9 Å². The van der Waals surface area contributed by atoms with E-state index in [-0.39, 0.29) is 16.8 Å². The standard InChI is InChI=1S/C12H10BrNO4S3/c13-9-3-1-8(2-4-9)7-10-11(15)14(12(19)20-10)5-6-21(16,17)18/h1-4,7H,5-6H2,(H,16,17,18). The quantitative estimate of drug-likeness (QED) is 0.469. The van der Waals surface area contributed by atoms with Gasteiger partial charge in [0.2, 0.25) is 0 Å². The van der Waals surface area contributed by atoms with Crippen LogP contribution in [0.15, 0.2) is 33.6 Å². The number of nitrogens with zero attached hydrogens (tertiary/aromatic N) is 1. The maximum absolute atomic E-state index is 12.2. The van der Waals surface area contributed by atoms with E-state index in [1.54, 1.807) is 6.08 Å². The maximum Gasteiger partial charge on any atom is 0.266 e. The number of amides is 1. The molecule has 0 unspecified atom stereocenters. The van der Waals surface area contributed by atoms with Crippen molar-refractivity contribution < 1.29 is 17.8 Å². The summed E-state index contributed by atoms with van der Waals surface area (Å²) in [6, 6.07) is 7.39. The molecule has 112 valence electrons. The predicted octanol–water partition coefficient (Wildman–Crippen LogP) is 2.54. The van der Waals surface area contributed by atoms with E-state index in [2.05, 4.69) is 15.9 Å². The van der Waals surface area contributed by atoms with E-state index in [9.17, 15) is 13.2 Å². The summed E-state index contributed by atoms with van der Waals surface area (Å²) in [7, 11) is -4.13. The highest BCUT2D eigenvalue weighted by atomic mass is 79.9. The van der Waals surface area contributed by atoms with Gasteiger partial charge in [-0.25, -0.2) is 0 Å². The topological polar surface area (TPSA) is 74.7 Å². The lowest BCUT2D eigenvalue weighted by Crippen LogP contribution is -2.32. The number of carbonyl (C=O) groups excluding carboxylic acids is 1. The monoisotopic (exact) mass is 407 g/mol. The van der Waals surface area contributed by atoms with Gasteiger partial charge in [0.25, 0.3) is 16.0 Å². The fourth-order valence-electron chi connectivity index (χ4n) is 1.61. The number of hydrogen-bond acceptors (Lipinski definition) is 5. The molecule has 1 saturated heterocycles. The van der Waals surface area contributed by atoms with Crippen molar-refractivity contribution in [2.24, 2.45) is 0 Å². The molecule has 0 aliphatic carbocycles. The van der Waals surface area contributed by atoms with Gasteiger partial charge in [-0.05, 0) is 23.8 Å². The minimum atomic E-state index is -4.13. The van der Waals surface area contributed by atoms with Crippen LogP contribution in [0.1, 0.15) is 5.56 Å². The summed E-state index contributed by atoms with van der Waals surface area (Å²) < 4.78 is 31.5. The Kier molecular flexibility index (Phi) is 5.20. The molecule has 0 radical (unpaired) electrons. The number of thioether (sulfide) groups is 1. The molecule has 1 N–H and O–H groups in total. The second kappa shape index (κ2) is 6.57. The Balaban J connectivity index is 2.15. The lowest BCUT2D eigenvalue weighted by molar-refractivity contribution is -0.121. The van der Waals surface area contributed by atoms with Gasteiger partial charge in [-0.2, -0.15) is 8.42 Å². The van der Waals surface area contributed by atoms with Crippen LogP contribution in [0, 0.1) is 0 Å². The van der Waals surface area contributed by atoms with Crippen LogP contribution in [-0.4, -0.2) is 40.4 Å². The number of rotatable bonds is 4. The van der Waals surface area contributed by atoms with E-state index in [0.717, 1.165) is 21.8 Å². The third kappa shape index (κ3) is 4.62. The van der Waals surface area contributed by atoms with Gasteiger partial charge < -0.3 is 0 Å². The molecule has 0 bridgehead atoms. The number of hydrogen-bond donors (Lipinski definition) is 1. The van der Waals surface area contributed by atoms with Crippen LogP contribution < -0.4 is 0 Å². The molecule has 1 heterocycles. The summed E-state index contributed by atoms with van der Waals surface area (Å²) in [4.78, 5) is 13.8. The minimum Gasteiger partial charge on any atom is -0.292 e.